The summed E-state index contributed by atoms with van der Waals surface area (Å²) in [5.74, 6) is -0.906. The van der Waals surface area contributed by atoms with Crippen LogP contribution < -0.4 is 10.7 Å². The quantitative estimate of drug-likeness (QED) is 0.471. The van der Waals surface area contributed by atoms with Crippen LogP contribution in [0.1, 0.15) is 29.5 Å². The highest BCUT2D eigenvalue weighted by atomic mass is 16.3. The van der Waals surface area contributed by atoms with Gasteiger partial charge in [0, 0.05) is 30.2 Å². The van der Waals surface area contributed by atoms with Gasteiger partial charge in [0.25, 0.3) is 0 Å². The van der Waals surface area contributed by atoms with Crippen LogP contribution in [0.5, 0.6) is 11.5 Å². The molecule has 0 fully saturated rings. The summed E-state index contributed by atoms with van der Waals surface area (Å²) in [5, 5.41) is 25.3. The van der Waals surface area contributed by atoms with Crippen molar-refractivity contribution in [2.45, 2.75) is 26.7 Å². The predicted molar refractivity (Wildman–Crippen MR) is 99.3 cm³/mol. The number of aryl methyl sites for hydroxylation is 2. The Labute approximate surface area is 151 Å². The Balaban J connectivity index is 1.79. The molecule has 0 aromatic heterocycles. The van der Waals surface area contributed by atoms with Crippen LogP contribution in [0.4, 0.5) is 5.69 Å². The van der Waals surface area contributed by atoms with Gasteiger partial charge in [-0.1, -0.05) is 17.7 Å². The van der Waals surface area contributed by atoms with E-state index in [0.717, 1.165) is 16.8 Å². The number of nitrogens with one attached hydrogen (secondary N) is 2. The summed E-state index contributed by atoms with van der Waals surface area (Å²) in [6.45, 7) is 3.88. The fourth-order valence-corrected chi connectivity index (χ4v) is 2.26. The minimum absolute atomic E-state index is 0.0182. The molecule has 26 heavy (non-hydrogen) atoms. The molecule has 0 aliphatic rings. The van der Waals surface area contributed by atoms with Gasteiger partial charge in [-0.3, -0.25) is 9.59 Å². The average molecular weight is 355 g/mol. The van der Waals surface area contributed by atoms with E-state index in [2.05, 4.69) is 15.8 Å². The maximum atomic E-state index is 11.9. The van der Waals surface area contributed by atoms with Crippen molar-refractivity contribution in [3.63, 3.8) is 0 Å². The Kier molecular flexibility index (Phi) is 6.32. The van der Waals surface area contributed by atoms with Crippen LogP contribution in [0.15, 0.2) is 41.5 Å². The molecule has 0 aliphatic carbocycles. The molecule has 2 amide bonds. The number of carbonyl (C=O) groups is 2. The van der Waals surface area contributed by atoms with E-state index < -0.39 is 5.91 Å². The van der Waals surface area contributed by atoms with Gasteiger partial charge in [-0.15, -0.1) is 0 Å². The standard InChI is InChI=1S/C19H21N3O4/c1-12-3-6-16(13(2)9-12)21-18(25)7-8-19(26)22-20-11-14-4-5-15(23)10-17(14)24/h3-6,9-11,23-24H,7-8H2,1-2H3,(H,21,25)(H,22,26)/b20-11-. The molecule has 7 nitrogen and oxygen atoms in total. The Bertz CT molecular complexity index is 847. The SMILES string of the molecule is Cc1ccc(NC(=O)CCC(=O)N/N=C\c2ccc(O)cc2O)c(C)c1. The topological polar surface area (TPSA) is 111 Å². The number of hydrogen-bond donors (Lipinski definition) is 4. The molecule has 0 heterocycles. The minimum Gasteiger partial charge on any atom is -0.508 e. The molecule has 2 rings (SSSR count). The third-order valence-electron chi connectivity index (χ3n) is 3.64. The summed E-state index contributed by atoms with van der Waals surface area (Å²) in [5.41, 5.74) is 5.42. The van der Waals surface area contributed by atoms with Gasteiger partial charge >= 0.3 is 0 Å². The second kappa shape index (κ2) is 8.66. The van der Waals surface area contributed by atoms with Crippen molar-refractivity contribution >= 4 is 23.7 Å². The van der Waals surface area contributed by atoms with Crippen LogP contribution in [-0.2, 0) is 9.59 Å². The molecule has 2 aromatic rings. The van der Waals surface area contributed by atoms with Crippen LogP contribution in [0.25, 0.3) is 0 Å². The first-order valence-electron chi connectivity index (χ1n) is 8.06. The van der Waals surface area contributed by atoms with E-state index in [4.69, 9.17) is 0 Å². The van der Waals surface area contributed by atoms with E-state index in [1.807, 2.05) is 32.0 Å². The lowest BCUT2D eigenvalue weighted by Gasteiger charge is -2.08. The average Bonchev–Trinajstić information content (AvgIpc) is 2.57. The largest absolute Gasteiger partial charge is 0.508 e. The number of amides is 2. The lowest BCUT2D eigenvalue weighted by atomic mass is 10.1. The molecular formula is C19H21N3O4. The summed E-state index contributed by atoms with van der Waals surface area (Å²) >= 11 is 0. The first-order chi connectivity index (χ1) is 12.3. The molecule has 0 saturated carbocycles. The summed E-state index contributed by atoms with van der Waals surface area (Å²) < 4.78 is 0. The van der Waals surface area contributed by atoms with Crippen molar-refractivity contribution < 1.29 is 19.8 Å². The molecule has 0 bridgehead atoms. The van der Waals surface area contributed by atoms with E-state index in [9.17, 15) is 19.8 Å². The number of hydrogen-bond acceptors (Lipinski definition) is 5. The molecule has 0 atom stereocenters. The van der Waals surface area contributed by atoms with Gasteiger partial charge in [0.15, 0.2) is 0 Å². The van der Waals surface area contributed by atoms with Crippen LogP contribution in [-0.4, -0.2) is 28.2 Å². The van der Waals surface area contributed by atoms with E-state index in [-0.39, 0.29) is 30.2 Å². The van der Waals surface area contributed by atoms with E-state index in [1.165, 1.54) is 24.4 Å². The molecule has 0 aliphatic heterocycles. The molecule has 136 valence electrons. The third-order valence-corrected chi connectivity index (χ3v) is 3.64. The van der Waals surface area contributed by atoms with Crippen molar-refractivity contribution in [3.8, 4) is 11.5 Å². The smallest absolute Gasteiger partial charge is 0.240 e. The number of nitrogens with zero attached hydrogens (tertiary/aromatic N) is 1. The fraction of sp³-hybridized carbons (Fsp3) is 0.211. The van der Waals surface area contributed by atoms with Crippen molar-refractivity contribution in [2.24, 2.45) is 5.10 Å². The first kappa shape index (κ1) is 19.0. The van der Waals surface area contributed by atoms with Gasteiger partial charge < -0.3 is 15.5 Å². The second-order valence-electron chi connectivity index (χ2n) is 5.90. The maximum absolute atomic E-state index is 11.9. The van der Waals surface area contributed by atoms with Gasteiger partial charge in [0.1, 0.15) is 11.5 Å². The fourth-order valence-electron chi connectivity index (χ4n) is 2.26. The minimum atomic E-state index is -0.421. The number of anilines is 1. The molecule has 2 aromatic carbocycles. The van der Waals surface area contributed by atoms with E-state index in [0.29, 0.717) is 5.56 Å². The molecule has 0 unspecified atom stereocenters. The van der Waals surface area contributed by atoms with Gasteiger partial charge in [-0.05, 0) is 37.6 Å². The number of carbonyl (C=O) groups excluding carboxylic acids is 2. The highest BCUT2D eigenvalue weighted by molar-refractivity contribution is 5.94. The summed E-state index contributed by atoms with van der Waals surface area (Å²) in [6.07, 6.45) is 1.26. The molecule has 7 heteroatoms. The molecule has 0 saturated heterocycles. The highest BCUT2D eigenvalue weighted by Crippen LogP contribution is 2.20. The molecular weight excluding hydrogens is 334 g/mol. The third kappa shape index (κ3) is 5.62. The van der Waals surface area contributed by atoms with E-state index >= 15 is 0 Å². The maximum Gasteiger partial charge on any atom is 0.240 e. The van der Waals surface area contributed by atoms with Crippen LogP contribution in [0, 0.1) is 13.8 Å². The zero-order valence-corrected chi connectivity index (χ0v) is 14.6. The normalized spacial score (nSPS) is 10.7. The van der Waals surface area contributed by atoms with E-state index in [1.54, 1.807) is 0 Å². The number of hydrazone groups is 1. The Hall–Kier alpha value is -3.35. The van der Waals surface area contributed by atoms with Crippen molar-refractivity contribution in [3.05, 3.63) is 53.1 Å². The lowest BCUT2D eigenvalue weighted by molar-refractivity contribution is -0.124. The monoisotopic (exact) mass is 355 g/mol. The molecule has 4 N–H and O–H groups in total. The number of rotatable bonds is 6. The summed E-state index contributed by atoms with van der Waals surface area (Å²) in [6, 6.07) is 9.72. The number of aromatic hydroxyl groups is 2. The summed E-state index contributed by atoms with van der Waals surface area (Å²) in [7, 11) is 0. The lowest BCUT2D eigenvalue weighted by Crippen LogP contribution is -2.20. The van der Waals surface area contributed by atoms with Crippen LogP contribution in [0.3, 0.4) is 0 Å². The Morgan fingerprint density at radius 3 is 2.46 bits per heavy atom. The van der Waals surface area contributed by atoms with Crippen molar-refractivity contribution in [1.82, 2.24) is 5.43 Å². The van der Waals surface area contributed by atoms with Crippen LogP contribution >= 0.6 is 0 Å². The van der Waals surface area contributed by atoms with Crippen LogP contribution in [0.2, 0.25) is 0 Å². The predicted octanol–water partition coefficient (Wildman–Crippen LogP) is 2.58. The summed E-state index contributed by atoms with van der Waals surface area (Å²) in [4.78, 5) is 23.7. The first-order valence-corrected chi connectivity index (χ1v) is 8.06. The zero-order chi connectivity index (χ0) is 19.1. The van der Waals surface area contributed by atoms with Crippen molar-refractivity contribution in [1.29, 1.82) is 0 Å². The number of phenolic OH excluding ortho intramolecular Hbond substituents is 2. The van der Waals surface area contributed by atoms with Gasteiger partial charge in [0.05, 0.1) is 6.21 Å². The number of benzene rings is 2. The number of phenols is 2. The second-order valence-corrected chi connectivity index (χ2v) is 5.90. The van der Waals surface area contributed by atoms with Gasteiger partial charge in [-0.2, -0.15) is 5.10 Å². The zero-order valence-electron chi connectivity index (χ0n) is 14.6. The molecule has 0 spiro atoms. The van der Waals surface area contributed by atoms with Crippen molar-refractivity contribution in [2.75, 3.05) is 5.32 Å². The van der Waals surface area contributed by atoms with Gasteiger partial charge in [0.2, 0.25) is 11.8 Å². The Morgan fingerprint density at radius 1 is 1.04 bits per heavy atom. The molecule has 0 radical (unpaired) electrons. The highest BCUT2D eigenvalue weighted by Gasteiger charge is 2.08. The van der Waals surface area contributed by atoms with Gasteiger partial charge in [-0.25, -0.2) is 5.43 Å². The Morgan fingerprint density at radius 2 is 1.77 bits per heavy atom.